The second-order valence-electron chi connectivity index (χ2n) is 9.93. The van der Waals surface area contributed by atoms with Gasteiger partial charge in [0.2, 0.25) is 0 Å². The van der Waals surface area contributed by atoms with Crippen LogP contribution in [0.3, 0.4) is 0 Å². The summed E-state index contributed by atoms with van der Waals surface area (Å²) in [6, 6.07) is 15.9. The molecule has 0 bridgehead atoms. The van der Waals surface area contributed by atoms with Gasteiger partial charge >= 0.3 is 0 Å². The molecular weight excluding hydrogens is 535 g/mol. The molecule has 2 heterocycles. The maximum Gasteiger partial charge on any atom is 0.255 e. The molecule has 1 aliphatic rings. The maximum absolute atomic E-state index is 13.1. The lowest BCUT2D eigenvalue weighted by Crippen LogP contribution is -2.41. The predicted octanol–water partition coefficient (Wildman–Crippen LogP) is 6.94. The Bertz CT molecular complexity index is 1460. The lowest BCUT2D eigenvalue weighted by atomic mass is 10.0. The highest BCUT2D eigenvalue weighted by molar-refractivity contribution is 6.41. The van der Waals surface area contributed by atoms with Crippen molar-refractivity contribution < 1.29 is 14.3 Å². The van der Waals surface area contributed by atoms with E-state index in [4.69, 9.17) is 32.7 Å². The largest absolute Gasteiger partial charge is 0.495 e. The zero-order valence-corrected chi connectivity index (χ0v) is 24.0. The van der Waals surface area contributed by atoms with Crippen LogP contribution in [0.1, 0.15) is 23.2 Å². The van der Waals surface area contributed by atoms with E-state index >= 15 is 0 Å². The highest BCUT2D eigenvalue weighted by Gasteiger charge is 2.22. The zero-order chi connectivity index (χ0) is 27.7. The summed E-state index contributed by atoms with van der Waals surface area (Å²) >= 11 is 13.2. The molecule has 1 aliphatic heterocycles. The molecule has 1 amide bonds. The van der Waals surface area contributed by atoms with E-state index in [0.29, 0.717) is 44.4 Å². The predicted molar refractivity (Wildman–Crippen MR) is 160 cm³/mol. The fraction of sp³-hybridized carbons (Fsp3) is 0.300. The van der Waals surface area contributed by atoms with Gasteiger partial charge in [-0.2, -0.15) is 0 Å². The van der Waals surface area contributed by atoms with E-state index in [1.54, 1.807) is 26.5 Å². The smallest absolute Gasteiger partial charge is 0.255 e. The van der Waals surface area contributed by atoms with Crippen molar-refractivity contribution in [3.8, 4) is 22.6 Å². The Balaban J connectivity index is 1.33. The van der Waals surface area contributed by atoms with Gasteiger partial charge in [-0.05, 0) is 62.8 Å². The number of carbonyl (C=O) groups is 1. The van der Waals surface area contributed by atoms with Crippen LogP contribution >= 0.6 is 23.2 Å². The van der Waals surface area contributed by atoms with Crippen LogP contribution in [0, 0.1) is 0 Å². The minimum absolute atomic E-state index is 0.165. The molecule has 0 unspecified atom stereocenters. The average Bonchev–Trinajstić information content (AvgIpc) is 3.35. The molecular formula is C30H32Cl2N4O3. The maximum atomic E-state index is 13.1. The van der Waals surface area contributed by atoms with E-state index in [1.807, 2.05) is 42.5 Å². The number of aromatic nitrogens is 1. The fourth-order valence-electron chi connectivity index (χ4n) is 5.18. The Morgan fingerprint density at radius 1 is 0.974 bits per heavy atom. The molecule has 3 aromatic carbocycles. The summed E-state index contributed by atoms with van der Waals surface area (Å²) in [5.41, 5.74) is 4.68. The Morgan fingerprint density at radius 3 is 2.21 bits per heavy atom. The van der Waals surface area contributed by atoms with E-state index < -0.39 is 0 Å². The number of ether oxygens (including phenoxy) is 2. The van der Waals surface area contributed by atoms with Crippen LogP contribution in [0.25, 0.3) is 22.0 Å². The molecule has 204 valence electrons. The second kappa shape index (κ2) is 11.4. The molecule has 1 fully saturated rings. The van der Waals surface area contributed by atoms with Crippen molar-refractivity contribution in [3.05, 3.63) is 70.3 Å². The van der Waals surface area contributed by atoms with Crippen molar-refractivity contribution in [2.45, 2.75) is 18.9 Å². The molecule has 4 aromatic rings. The molecule has 7 nitrogen and oxygen atoms in total. The Kier molecular flexibility index (Phi) is 7.93. The van der Waals surface area contributed by atoms with E-state index in [9.17, 15) is 4.79 Å². The van der Waals surface area contributed by atoms with Crippen molar-refractivity contribution in [2.24, 2.45) is 0 Å². The van der Waals surface area contributed by atoms with Gasteiger partial charge in [0.25, 0.3) is 5.91 Å². The standard InChI is InChI=1S/C30H32Cl2N4O3/c1-35(2)20-11-13-36(14-12-20)21-8-5-18(6-9-21)30(37)34-24-17-33-23-15-19(7-10-22(23)24)27-28(31)25(38-3)16-26(39-4)29(27)32/h5-10,15-17,20,33H,11-14H2,1-4H3,(H,34,37). The SMILES string of the molecule is COc1cc(OC)c(Cl)c(-c2ccc3c(NC(=O)c4ccc(N5CCC(N(C)C)CC5)cc4)c[nH]c3c2)c1Cl. The summed E-state index contributed by atoms with van der Waals surface area (Å²) < 4.78 is 10.8. The van der Waals surface area contributed by atoms with Crippen LogP contribution in [-0.2, 0) is 0 Å². The molecule has 5 rings (SSSR count). The molecule has 0 spiro atoms. The summed E-state index contributed by atoms with van der Waals surface area (Å²) in [5.74, 6) is 0.773. The number of hydrogen-bond donors (Lipinski definition) is 2. The van der Waals surface area contributed by atoms with Gasteiger partial charge in [-0.3, -0.25) is 4.79 Å². The number of rotatable bonds is 7. The van der Waals surface area contributed by atoms with Gasteiger partial charge in [0, 0.05) is 59.1 Å². The third kappa shape index (κ3) is 5.39. The number of nitrogens with one attached hydrogen (secondary N) is 2. The van der Waals surface area contributed by atoms with Crippen LogP contribution in [0.2, 0.25) is 10.0 Å². The first kappa shape index (κ1) is 27.2. The van der Waals surface area contributed by atoms with Gasteiger partial charge in [0.05, 0.1) is 30.0 Å². The fourth-order valence-corrected chi connectivity index (χ4v) is 5.90. The average molecular weight is 568 g/mol. The topological polar surface area (TPSA) is 69.8 Å². The molecule has 1 saturated heterocycles. The number of hydrogen-bond acceptors (Lipinski definition) is 5. The van der Waals surface area contributed by atoms with Gasteiger partial charge in [0.15, 0.2) is 0 Å². The van der Waals surface area contributed by atoms with Gasteiger partial charge < -0.3 is 29.6 Å². The number of piperidine rings is 1. The lowest BCUT2D eigenvalue weighted by molar-refractivity contribution is 0.102. The molecule has 0 aliphatic carbocycles. The van der Waals surface area contributed by atoms with Crippen LogP contribution in [0.15, 0.2) is 54.7 Å². The summed E-state index contributed by atoms with van der Waals surface area (Å²) in [6.07, 6.45) is 4.06. The molecule has 0 atom stereocenters. The van der Waals surface area contributed by atoms with E-state index in [0.717, 1.165) is 48.1 Å². The first-order valence-corrected chi connectivity index (χ1v) is 13.6. The second-order valence-corrected chi connectivity index (χ2v) is 10.7. The molecule has 0 saturated carbocycles. The third-order valence-electron chi connectivity index (χ3n) is 7.48. The van der Waals surface area contributed by atoms with Crippen molar-refractivity contribution >= 4 is 51.4 Å². The number of amides is 1. The number of aromatic amines is 1. The number of nitrogens with zero attached hydrogens (tertiary/aromatic N) is 2. The van der Waals surface area contributed by atoms with Crippen molar-refractivity contribution in [1.82, 2.24) is 9.88 Å². The van der Waals surface area contributed by atoms with E-state index in [2.05, 4.69) is 34.2 Å². The van der Waals surface area contributed by atoms with Gasteiger partial charge in [-0.1, -0.05) is 35.3 Å². The van der Waals surface area contributed by atoms with Crippen LogP contribution in [0.4, 0.5) is 11.4 Å². The Labute approximate surface area is 238 Å². The lowest BCUT2D eigenvalue weighted by Gasteiger charge is -2.36. The number of anilines is 2. The van der Waals surface area contributed by atoms with Gasteiger partial charge in [-0.15, -0.1) is 0 Å². The summed E-state index contributed by atoms with van der Waals surface area (Å²) in [4.78, 5) is 21.0. The highest BCUT2D eigenvalue weighted by atomic mass is 35.5. The first-order valence-electron chi connectivity index (χ1n) is 12.8. The number of carbonyl (C=O) groups excluding carboxylic acids is 1. The monoisotopic (exact) mass is 566 g/mol. The molecule has 2 N–H and O–H groups in total. The van der Waals surface area contributed by atoms with Crippen molar-refractivity contribution in [2.75, 3.05) is 51.6 Å². The van der Waals surface area contributed by atoms with E-state index in [1.165, 1.54) is 0 Å². The zero-order valence-electron chi connectivity index (χ0n) is 22.5. The number of H-pyrrole nitrogens is 1. The molecule has 39 heavy (non-hydrogen) atoms. The Morgan fingerprint density at radius 2 is 1.62 bits per heavy atom. The third-order valence-corrected chi connectivity index (χ3v) is 8.23. The van der Waals surface area contributed by atoms with Crippen LogP contribution < -0.4 is 19.7 Å². The van der Waals surface area contributed by atoms with Crippen molar-refractivity contribution in [1.29, 1.82) is 0 Å². The number of fused-ring (bicyclic) bond motifs is 1. The summed E-state index contributed by atoms with van der Waals surface area (Å²) in [5, 5.41) is 4.70. The van der Waals surface area contributed by atoms with Crippen LogP contribution in [0.5, 0.6) is 11.5 Å². The van der Waals surface area contributed by atoms with Crippen LogP contribution in [-0.4, -0.2) is 63.2 Å². The van der Waals surface area contributed by atoms with Gasteiger partial charge in [0.1, 0.15) is 11.5 Å². The van der Waals surface area contributed by atoms with E-state index in [-0.39, 0.29) is 5.91 Å². The highest BCUT2D eigenvalue weighted by Crippen LogP contribution is 2.46. The number of benzene rings is 3. The minimum atomic E-state index is -0.165. The minimum Gasteiger partial charge on any atom is -0.495 e. The number of halogens is 2. The Hall–Kier alpha value is -3.39. The molecule has 9 heteroatoms. The normalized spacial score (nSPS) is 14.2. The number of methoxy groups -OCH3 is 2. The van der Waals surface area contributed by atoms with Gasteiger partial charge in [-0.25, -0.2) is 0 Å². The summed E-state index contributed by atoms with van der Waals surface area (Å²) in [7, 11) is 7.37. The quantitative estimate of drug-likeness (QED) is 0.253. The molecule has 1 aromatic heterocycles. The van der Waals surface area contributed by atoms with Crippen molar-refractivity contribution in [3.63, 3.8) is 0 Å². The first-order chi connectivity index (χ1) is 18.8. The molecule has 0 radical (unpaired) electrons. The summed E-state index contributed by atoms with van der Waals surface area (Å²) in [6.45, 7) is 2.04.